The van der Waals surface area contributed by atoms with Gasteiger partial charge in [0.25, 0.3) is 0 Å². The maximum absolute atomic E-state index is 10.7. The molecule has 1 heterocycles. The average Bonchev–Trinajstić information content (AvgIpc) is 2.84. The molecule has 0 atom stereocenters. The van der Waals surface area contributed by atoms with Crippen molar-refractivity contribution >= 4 is 60.7 Å². The predicted molar refractivity (Wildman–Crippen MR) is 127 cm³/mol. The van der Waals surface area contributed by atoms with E-state index >= 15 is 0 Å². The van der Waals surface area contributed by atoms with E-state index in [9.17, 15) is 4.91 Å². The van der Waals surface area contributed by atoms with E-state index < -0.39 is 0 Å². The molecule has 0 aliphatic heterocycles. The Morgan fingerprint density at radius 1 is 0.581 bits per heavy atom. The van der Waals surface area contributed by atoms with Crippen LogP contribution in [0.4, 0.5) is 17.1 Å². The molecule has 0 spiro atoms. The first-order valence-electron chi connectivity index (χ1n) is 10.0. The van der Waals surface area contributed by atoms with E-state index in [0.29, 0.717) is 5.69 Å². The topological polar surface area (TPSA) is 67.2 Å². The fraction of sp³-hybridized carbons (Fsp3) is 0. The summed E-state index contributed by atoms with van der Waals surface area (Å²) in [5.74, 6) is 0. The largest absolute Gasteiger partial charge is 0.354 e. The summed E-state index contributed by atoms with van der Waals surface area (Å²) < 4.78 is 0. The van der Waals surface area contributed by atoms with Gasteiger partial charge in [-0.1, -0.05) is 54.6 Å². The summed E-state index contributed by atoms with van der Waals surface area (Å²) in [5, 5.41) is 10.9. The second-order valence-electron chi connectivity index (χ2n) is 7.45. The fourth-order valence-electron chi connectivity index (χ4n) is 4.16. The molecule has 5 aromatic carbocycles. The first kappa shape index (κ1) is 17.5. The molecule has 0 radical (unpaired) electrons. The molecule has 0 unspecified atom stereocenters. The number of anilines is 2. The molecule has 1 N–H and O–H groups in total. The first-order chi connectivity index (χ1) is 15.3. The van der Waals surface area contributed by atoms with Crippen molar-refractivity contribution in [1.82, 2.24) is 9.97 Å². The van der Waals surface area contributed by atoms with Crippen molar-refractivity contribution in [3.63, 3.8) is 0 Å². The molecule has 0 saturated carbocycles. The summed E-state index contributed by atoms with van der Waals surface area (Å²) in [6, 6.07) is 29.6. The lowest BCUT2D eigenvalue weighted by atomic mass is 9.99. The summed E-state index contributed by atoms with van der Waals surface area (Å²) in [4.78, 5) is 20.8. The van der Waals surface area contributed by atoms with Crippen LogP contribution in [0.1, 0.15) is 0 Å². The number of hydrogen-bond donors (Lipinski definition) is 1. The Bertz CT molecular complexity index is 1620. The molecule has 0 saturated heterocycles. The number of benzene rings is 5. The van der Waals surface area contributed by atoms with E-state index in [1.165, 1.54) is 10.8 Å². The zero-order valence-electron chi connectivity index (χ0n) is 16.4. The van der Waals surface area contributed by atoms with Gasteiger partial charge in [0, 0.05) is 16.5 Å². The van der Waals surface area contributed by atoms with Gasteiger partial charge in [-0.25, -0.2) is 9.97 Å². The van der Waals surface area contributed by atoms with Crippen LogP contribution in [0, 0.1) is 4.91 Å². The number of hydrogen-bond acceptors (Lipinski definition) is 5. The number of fused-ring (bicyclic) bond motifs is 7. The summed E-state index contributed by atoms with van der Waals surface area (Å²) >= 11 is 0. The molecule has 1 aromatic heterocycles. The van der Waals surface area contributed by atoms with Crippen molar-refractivity contribution in [2.75, 3.05) is 5.32 Å². The molecule has 5 heteroatoms. The molecule has 0 fully saturated rings. The summed E-state index contributed by atoms with van der Waals surface area (Å²) in [7, 11) is 0. The Labute approximate surface area is 177 Å². The predicted octanol–water partition coefficient (Wildman–Crippen LogP) is 7.23. The van der Waals surface area contributed by atoms with Crippen LogP contribution >= 0.6 is 0 Å². The number of nitrogens with one attached hydrogen (secondary N) is 1. The quantitative estimate of drug-likeness (QED) is 0.193. The molecular formula is C26H16N4O. The Balaban J connectivity index is 1.64. The molecule has 6 rings (SSSR count). The van der Waals surface area contributed by atoms with Crippen molar-refractivity contribution < 1.29 is 0 Å². The van der Waals surface area contributed by atoms with E-state index in [-0.39, 0.29) is 0 Å². The molecule has 146 valence electrons. The lowest BCUT2D eigenvalue weighted by Gasteiger charge is -2.13. The Morgan fingerprint density at radius 2 is 1.19 bits per heavy atom. The van der Waals surface area contributed by atoms with Crippen LogP contribution in [-0.2, 0) is 0 Å². The highest BCUT2D eigenvalue weighted by Crippen LogP contribution is 2.35. The van der Waals surface area contributed by atoms with Crippen LogP contribution in [-0.4, -0.2) is 9.97 Å². The first-order valence-corrected chi connectivity index (χ1v) is 10.0. The van der Waals surface area contributed by atoms with Gasteiger partial charge in [0.15, 0.2) is 0 Å². The van der Waals surface area contributed by atoms with Crippen molar-refractivity contribution in [2.45, 2.75) is 0 Å². The van der Waals surface area contributed by atoms with Gasteiger partial charge in [-0.15, -0.1) is 4.91 Å². The van der Waals surface area contributed by atoms with Gasteiger partial charge in [0.2, 0.25) is 0 Å². The van der Waals surface area contributed by atoms with E-state index in [1.54, 1.807) is 12.1 Å². The maximum Gasteiger partial charge on any atom is 0.113 e. The molecule has 0 aliphatic carbocycles. The highest BCUT2D eigenvalue weighted by molar-refractivity contribution is 6.24. The van der Waals surface area contributed by atoms with Gasteiger partial charge in [0.1, 0.15) is 11.2 Å². The van der Waals surface area contributed by atoms with E-state index in [4.69, 9.17) is 9.97 Å². The zero-order chi connectivity index (χ0) is 20.8. The van der Waals surface area contributed by atoms with Gasteiger partial charge in [-0.2, -0.15) is 0 Å². The minimum absolute atomic E-state index is 0.396. The van der Waals surface area contributed by atoms with Crippen LogP contribution in [0.15, 0.2) is 96.2 Å². The normalized spacial score (nSPS) is 11.4. The molecule has 5 nitrogen and oxygen atoms in total. The fourth-order valence-corrected chi connectivity index (χ4v) is 4.16. The standard InChI is InChI=1S/C26H16N4O/c31-30-17-14-12-16(13-15-17)27-22-10-5-11-23-26(22)29-25-21-9-4-2-7-19(21)18-6-1-3-8-20(18)24(25)28-23/h1-15,27H. The van der Waals surface area contributed by atoms with Crippen LogP contribution in [0.5, 0.6) is 0 Å². The van der Waals surface area contributed by atoms with E-state index in [1.807, 2.05) is 42.5 Å². The molecule has 6 aromatic rings. The van der Waals surface area contributed by atoms with Crippen LogP contribution in [0.3, 0.4) is 0 Å². The third-order valence-electron chi connectivity index (χ3n) is 5.60. The average molecular weight is 400 g/mol. The zero-order valence-corrected chi connectivity index (χ0v) is 16.4. The Hall–Kier alpha value is -4.38. The summed E-state index contributed by atoms with van der Waals surface area (Å²) in [6.45, 7) is 0. The minimum Gasteiger partial charge on any atom is -0.354 e. The number of para-hydroxylation sites is 1. The maximum atomic E-state index is 10.7. The SMILES string of the molecule is O=Nc1ccc(Nc2cccc3nc4c5ccccc5c5ccccc5c4nc23)cc1. The highest BCUT2D eigenvalue weighted by Gasteiger charge is 2.13. The lowest BCUT2D eigenvalue weighted by Crippen LogP contribution is -1.96. The van der Waals surface area contributed by atoms with Crippen molar-refractivity contribution in [2.24, 2.45) is 5.18 Å². The summed E-state index contributed by atoms with van der Waals surface area (Å²) in [5.41, 5.74) is 5.52. The van der Waals surface area contributed by atoms with E-state index in [2.05, 4.69) is 46.9 Å². The van der Waals surface area contributed by atoms with E-state index in [0.717, 1.165) is 44.2 Å². The van der Waals surface area contributed by atoms with Gasteiger partial charge in [0.05, 0.1) is 22.2 Å². The lowest BCUT2D eigenvalue weighted by molar-refractivity contribution is 1.41. The number of nitrogens with zero attached hydrogens (tertiary/aromatic N) is 3. The summed E-state index contributed by atoms with van der Waals surface area (Å²) in [6.07, 6.45) is 0. The third-order valence-corrected chi connectivity index (χ3v) is 5.60. The molecule has 0 bridgehead atoms. The van der Waals surface area contributed by atoms with Crippen LogP contribution < -0.4 is 5.32 Å². The Kier molecular flexibility index (Phi) is 3.86. The second kappa shape index (κ2) is 6.85. The Morgan fingerprint density at radius 3 is 1.84 bits per heavy atom. The van der Waals surface area contributed by atoms with Gasteiger partial charge in [-0.05, 0) is 52.3 Å². The number of nitroso groups, excluding NO2 is 1. The monoisotopic (exact) mass is 400 g/mol. The number of rotatable bonds is 3. The van der Waals surface area contributed by atoms with Gasteiger partial charge in [-0.3, -0.25) is 0 Å². The van der Waals surface area contributed by atoms with Gasteiger partial charge >= 0.3 is 0 Å². The molecule has 0 aliphatic rings. The van der Waals surface area contributed by atoms with Crippen LogP contribution in [0.25, 0.3) is 43.6 Å². The van der Waals surface area contributed by atoms with Gasteiger partial charge < -0.3 is 5.32 Å². The smallest absolute Gasteiger partial charge is 0.113 e. The highest BCUT2D eigenvalue weighted by atomic mass is 16.3. The van der Waals surface area contributed by atoms with Crippen molar-refractivity contribution in [1.29, 1.82) is 0 Å². The second-order valence-corrected chi connectivity index (χ2v) is 7.45. The molecule has 31 heavy (non-hydrogen) atoms. The number of aromatic nitrogens is 2. The van der Waals surface area contributed by atoms with Crippen molar-refractivity contribution in [3.05, 3.63) is 95.9 Å². The molecular weight excluding hydrogens is 384 g/mol. The van der Waals surface area contributed by atoms with Crippen LogP contribution in [0.2, 0.25) is 0 Å². The van der Waals surface area contributed by atoms with Crippen molar-refractivity contribution in [3.8, 4) is 0 Å². The molecule has 0 amide bonds. The minimum atomic E-state index is 0.396. The third kappa shape index (κ3) is 2.79.